The molecular formula is C47H33NO. The summed E-state index contributed by atoms with van der Waals surface area (Å²) in [6.07, 6.45) is 0. The van der Waals surface area contributed by atoms with Gasteiger partial charge in [-0.15, -0.1) is 0 Å². The molecule has 0 aliphatic heterocycles. The fourth-order valence-electron chi connectivity index (χ4n) is 8.12. The van der Waals surface area contributed by atoms with Gasteiger partial charge in [-0.25, -0.2) is 0 Å². The maximum atomic E-state index is 6.24. The lowest BCUT2D eigenvalue weighted by molar-refractivity contribution is 0.660. The Morgan fingerprint density at radius 1 is 0.449 bits per heavy atom. The lowest BCUT2D eigenvalue weighted by Crippen LogP contribution is -2.16. The van der Waals surface area contributed by atoms with Crippen molar-refractivity contribution in [2.24, 2.45) is 0 Å². The van der Waals surface area contributed by atoms with Crippen molar-refractivity contribution in [2.75, 3.05) is 4.90 Å². The van der Waals surface area contributed by atoms with Gasteiger partial charge in [0, 0.05) is 33.1 Å². The molecule has 10 rings (SSSR count). The fraction of sp³-hybridized carbons (Fsp3) is 0.0638. The topological polar surface area (TPSA) is 16.4 Å². The predicted octanol–water partition coefficient (Wildman–Crippen LogP) is 13.3. The minimum Gasteiger partial charge on any atom is -0.456 e. The van der Waals surface area contributed by atoms with Crippen molar-refractivity contribution in [2.45, 2.75) is 19.3 Å². The molecule has 9 aromatic rings. The van der Waals surface area contributed by atoms with Crippen LogP contribution in [-0.4, -0.2) is 0 Å². The summed E-state index contributed by atoms with van der Waals surface area (Å²) in [6, 6.07) is 59.6. The predicted molar refractivity (Wildman–Crippen MR) is 206 cm³/mol. The number of furan rings is 1. The lowest BCUT2D eigenvalue weighted by atomic mass is 9.82. The molecule has 0 bridgehead atoms. The number of hydrogen-bond donors (Lipinski definition) is 0. The zero-order valence-electron chi connectivity index (χ0n) is 27.4. The molecule has 2 nitrogen and oxygen atoms in total. The van der Waals surface area contributed by atoms with Crippen LogP contribution in [0.2, 0.25) is 0 Å². The van der Waals surface area contributed by atoms with Crippen LogP contribution in [0.4, 0.5) is 17.1 Å². The van der Waals surface area contributed by atoms with E-state index in [1.807, 2.05) is 12.1 Å². The van der Waals surface area contributed by atoms with E-state index in [1.54, 1.807) is 0 Å². The second-order valence-corrected chi connectivity index (χ2v) is 13.8. The van der Waals surface area contributed by atoms with E-state index in [2.05, 4.69) is 170 Å². The smallest absolute Gasteiger partial charge is 0.136 e. The summed E-state index contributed by atoms with van der Waals surface area (Å²) >= 11 is 0. The van der Waals surface area contributed by atoms with E-state index in [4.69, 9.17) is 4.42 Å². The Bertz CT molecular complexity index is 2750. The van der Waals surface area contributed by atoms with Crippen LogP contribution >= 0.6 is 0 Å². The van der Waals surface area contributed by atoms with Gasteiger partial charge in [-0.05, 0) is 104 Å². The number of anilines is 3. The average molecular weight is 628 g/mol. The second kappa shape index (κ2) is 10.4. The molecule has 1 aromatic heterocycles. The highest BCUT2D eigenvalue weighted by molar-refractivity contribution is 6.10. The van der Waals surface area contributed by atoms with Gasteiger partial charge in [0.05, 0.1) is 5.69 Å². The van der Waals surface area contributed by atoms with Crippen LogP contribution in [-0.2, 0) is 5.41 Å². The van der Waals surface area contributed by atoms with Crippen molar-refractivity contribution in [3.8, 4) is 22.3 Å². The van der Waals surface area contributed by atoms with E-state index >= 15 is 0 Å². The molecule has 0 saturated carbocycles. The Kier molecular flexibility index (Phi) is 5.95. The molecule has 0 spiro atoms. The average Bonchev–Trinajstić information content (AvgIpc) is 3.62. The zero-order chi connectivity index (χ0) is 32.7. The lowest BCUT2D eigenvalue weighted by Gasteiger charge is -2.29. The third kappa shape index (κ3) is 4.27. The number of benzene rings is 8. The van der Waals surface area contributed by atoms with Crippen molar-refractivity contribution in [3.63, 3.8) is 0 Å². The van der Waals surface area contributed by atoms with Crippen molar-refractivity contribution in [3.05, 3.63) is 175 Å². The van der Waals surface area contributed by atoms with E-state index in [9.17, 15) is 0 Å². The molecule has 49 heavy (non-hydrogen) atoms. The van der Waals surface area contributed by atoms with Gasteiger partial charge in [0.25, 0.3) is 0 Å². The maximum absolute atomic E-state index is 6.24. The Labute approximate surface area is 285 Å². The van der Waals surface area contributed by atoms with Crippen molar-refractivity contribution in [1.29, 1.82) is 0 Å². The summed E-state index contributed by atoms with van der Waals surface area (Å²) in [4.78, 5) is 2.44. The highest BCUT2D eigenvalue weighted by Gasteiger charge is 2.37. The highest BCUT2D eigenvalue weighted by atomic mass is 16.3. The van der Waals surface area contributed by atoms with E-state index in [1.165, 1.54) is 55.2 Å². The van der Waals surface area contributed by atoms with Crippen LogP contribution in [0.3, 0.4) is 0 Å². The highest BCUT2D eigenvalue weighted by Crippen LogP contribution is 2.54. The normalized spacial score (nSPS) is 13.3. The summed E-state index contributed by atoms with van der Waals surface area (Å²) in [5.41, 5.74) is 12.9. The van der Waals surface area contributed by atoms with Gasteiger partial charge in [-0.3, -0.25) is 0 Å². The summed E-state index contributed by atoms with van der Waals surface area (Å²) < 4.78 is 6.24. The molecule has 0 radical (unpaired) electrons. The Morgan fingerprint density at radius 2 is 1.14 bits per heavy atom. The third-order valence-electron chi connectivity index (χ3n) is 10.6. The largest absolute Gasteiger partial charge is 0.456 e. The first-order valence-electron chi connectivity index (χ1n) is 17.0. The van der Waals surface area contributed by atoms with Crippen LogP contribution in [0.1, 0.15) is 25.0 Å². The van der Waals surface area contributed by atoms with Crippen LogP contribution in [0.5, 0.6) is 0 Å². The Morgan fingerprint density at radius 3 is 2.04 bits per heavy atom. The van der Waals surface area contributed by atoms with E-state index in [-0.39, 0.29) is 5.41 Å². The van der Waals surface area contributed by atoms with Crippen LogP contribution in [0, 0.1) is 0 Å². The molecule has 1 aliphatic carbocycles. The molecule has 0 amide bonds. The standard InChI is InChI=1S/C47H33NO/c1-47(2)41-14-7-5-13-39(41)46-42(47)15-9-16-43(46)48(36-23-20-31(21-24-36)33-19-18-30-10-3-4-11-32(30)26-33)37-25-22-34-29-45-40(28-35(34)27-37)38-12-6-8-17-44(38)49-45/h3-29H,1-2H3. The van der Waals surface area contributed by atoms with Gasteiger partial charge in [-0.2, -0.15) is 0 Å². The molecule has 232 valence electrons. The van der Waals surface area contributed by atoms with Gasteiger partial charge < -0.3 is 9.32 Å². The van der Waals surface area contributed by atoms with E-state index < -0.39 is 0 Å². The second-order valence-electron chi connectivity index (χ2n) is 13.8. The van der Waals surface area contributed by atoms with Crippen molar-refractivity contribution < 1.29 is 4.42 Å². The monoisotopic (exact) mass is 627 g/mol. The number of fused-ring (bicyclic) bond motifs is 8. The molecule has 0 unspecified atom stereocenters. The number of rotatable bonds is 4. The summed E-state index contributed by atoms with van der Waals surface area (Å²) in [6.45, 7) is 4.70. The van der Waals surface area contributed by atoms with Gasteiger partial charge >= 0.3 is 0 Å². The SMILES string of the molecule is CC1(C)c2ccccc2-c2c(N(c3ccc(-c4ccc5ccccc5c4)cc3)c3ccc4cc5oc6ccccc6c5cc4c3)cccc21. The van der Waals surface area contributed by atoms with Gasteiger partial charge in [0.15, 0.2) is 0 Å². The minimum atomic E-state index is -0.0924. The molecular weight excluding hydrogens is 595 g/mol. The molecule has 1 heterocycles. The quantitative estimate of drug-likeness (QED) is 0.193. The van der Waals surface area contributed by atoms with E-state index in [0.29, 0.717) is 0 Å². The van der Waals surface area contributed by atoms with Crippen molar-refractivity contribution in [1.82, 2.24) is 0 Å². The number of nitrogens with zero attached hydrogens (tertiary/aromatic N) is 1. The molecule has 0 N–H and O–H groups in total. The molecule has 0 saturated heterocycles. The summed E-state index contributed by atoms with van der Waals surface area (Å²) in [7, 11) is 0. The first kappa shape index (κ1) is 27.9. The molecule has 0 fully saturated rings. The van der Waals surface area contributed by atoms with Crippen LogP contribution in [0.15, 0.2) is 168 Å². The Hall–Kier alpha value is -6.12. The summed E-state index contributed by atoms with van der Waals surface area (Å²) in [5, 5.41) is 7.14. The van der Waals surface area contributed by atoms with Gasteiger partial charge in [-0.1, -0.05) is 123 Å². The zero-order valence-corrected chi connectivity index (χ0v) is 27.4. The van der Waals surface area contributed by atoms with Crippen LogP contribution in [0.25, 0.3) is 65.7 Å². The first-order valence-corrected chi connectivity index (χ1v) is 17.0. The maximum Gasteiger partial charge on any atom is 0.136 e. The molecule has 8 aromatic carbocycles. The molecule has 1 aliphatic rings. The Balaban J connectivity index is 1.18. The molecule has 2 heteroatoms. The van der Waals surface area contributed by atoms with Crippen molar-refractivity contribution >= 4 is 60.5 Å². The van der Waals surface area contributed by atoms with Gasteiger partial charge in [0.2, 0.25) is 0 Å². The van der Waals surface area contributed by atoms with E-state index in [0.717, 1.165) is 38.7 Å². The number of hydrogen-bond acceptors (Lipinski definition) is 2. The van der Waals surface area contributed by atoms with Gasteiger partial charge in [0.1, 0.15) is 11.2 Å². The third-order valence-corrected chi connectivity index (χ3v) is 10.6. The molecule has 0 atom stereocenters. The van der Waals surface area contributed by atoms with Crippen LogP contribution < -0.4 is 4.90 Å². The first-order chi connectivity index (χ1) is 24.0. The summed E-state index contributed by atoms with van der Waals surface area (Å²) in [5.74, 6) is 0. The fourth-order valence-corrected chi connectivity index (χ4v) is 8.12. The number of para-hydroxylation sites is 1. The minimum absolute atomic E-state index is 0.0924.